The number of benzene rings is 1. The summed E-state index contributed by atoms with van der Waals surface area (Å²) in [5, 5.41) is 9.50. The molecule has 1 N–H and O–H groups in total. The minimum absolute atomic E-state index is 0.0245. The van der Waals surface area contributed by atoms with Crippen molar-refractivity contribution < 1.29 is 14.6 Å². The highest BCUT2D eigenvalue weighted by Crippen LogP contribution is 2.21. The van der Waals surface area contributed by atoms with Crippen molar-refractivity contribution in [2.24, 2.45) is 0 Å². The first kappa shape index (κ1) is 16.3. The van der Waals surface area contributed by atoms with E-state index in [2.05, 4.69) is 15.9 Å². The maximum Gasteiger partial charge on any atom is 0.263 e. The van der Waals surface area contributed by atoms with E-state index in [0.717, 1.165) is 30.2 Å². The maximum absolute atomic E-state index is 12.6. The third-order valence-electron chi connectivity index (χ3n) is 3.85. The van der Waals surface area contributed by atoms with Crippen LogP contribution in [0.4, 0.5) is 0 Å². The van der Waals surface area contributed by atoms with Crippen molar-refractivity contribution in [1.29, 1.82) is 0 Å². The second kappa shape index (κ2) is 7.80. The first-order chi connectivity index (χ1) is 10.1. The summed E-state index contributed by atoms with van der Waals surface area (Å²) in [6, 6.07) is 7.36. The average molecular weight is 356 g/mol. The minimum atomic E-state index is -0.543. The molecular formula is C16H22BrNO3. The molecule has 1 aromatic carbocycles. The van der Waals surface area contributed by atoms with Crippen LogP contribution in [0.3, 0.4) is 0 Å². The van der Waals surface area contributed by atoms with Gasteiger partial charge in [-0.3, -0.25) is 4.79 Å². The molecule has 0 aromatic heterocycles. The van der Waals surface area contributed by atoms with Crippen molar-refractivity contribution in [2.75, 3.05) is 13.2 Å². The standard InChI is InChI=1S/C16H22BrNO3/c1-12(21-15-8-6-13(17)7-9-15)16(20)18-10-4-2-3-5-14(18)11-19/h6-9,12,14,19H,2-5,10-11H2,1H3. The molecule has 2 rings (SSSR count). The van der Waals surface area contributed by atoms with E-state index in [-0.39, 0.29) is 18.6 Å². The third-order valence-corrected chi connectivity index (χ3v) is 4.37. The number of likely N-dealkylation sites (tertiary alicyclic amines) is 1. The summed E-state index contributed by atoms with van der Waals surface area (Å²) >= 11 is 3.37. The van der Waals surface area contributed by atoms with Gasteiger partial charge in [-0.15, -0.1) is 0 Å². The van der Waals surface area contributed by atoms with E-state index in [0.29, 0.717) is 12.3 Å². The molecule has 5 heteroatoms. The van der Waals surface area contributed by atoms with Crippen molar-refractivity contribution >= 4 is 21.8 Å². The van der Waals surface area contributed by atoms with Crippen LogP contribution in [-0.4, -0.2) is 41.2 Å². The van der Waals surface area contributed by atoms with Crippen molar-refractivity contribution in [3.63, 3.8) is 0 Å². The highest BCUT2D eigenvalue weighted by atomic mass is 79.9. The fraction of sp³-hybridized carbons (Fsp3) is 0.562. The number of rotatable bonds is 4. The molecule has 1 aliphatic rings. The van der Waals surface area contributed by atoms with Crippen LogP contribution in [0.25, 0.3) is 0 Å². The van der Waals surface area contributed by atoms with Crippen molar-refractivity contribution in [2.45, 2.75) is 44.8 Å². The van der Waals surface area contributed by atoms with Gasteiger partial charge in [0.05, 0.1) is 12.6 Å². The van der Waals surface area contributed by atoms with Gasteiger partial charge in [0.15, 0.2) is 6.10 Å². The Hall–Kier alpha value is -1.07. The molecular weight excluding hydrogens is 334 g/mol. The van der Waals surface area contributed by atoms with E-state index in [1.807, 2.05) is 24.3 Å². The number of amides is 1. The van der Waals surface area contributed by atoms with Crippen LogP contribution < -0.4 is 4.74 Å². The molecule has 0 saturated carbocycles. The zero-order chi connectivity index (χ0) is 15.2. The van der Waals surface area contributed by atoms with Gasteiger partial charge < -0.3 is 14.7 Å². The number of hydrogen-bond acceptors (Lipinski definition) is 3. The highest BCUT2D eigenvalue weighted by Gasteiger charge is 2.29. The predicted molar refractivity (Wildman–Crippen MR) is 85.3 cm³/mol. The van der Waals surface area contributed by atoms with Gasteiger partial charge in [-0.2, -0.15) is 0 Å². The number of ether oxygens (including phenoxy) is 1. The van der Waals surface area contributed by atoms with E-state index in [4.69, 9.17) is 4.74 Å². The maximum atomic E-state index is 12.6. The summed E-state index contributed by atoms with van der Waals surface area (Å²) in [4.78, 5) is 14.4. The van der Waals surface area contributed by atoms with Crippen LogP contribution in [0.15, 0.2) is 28.7 Å². The zero-order valence-corrected chi connectivity index (χ0v) is 13.9. The van der Waals surface area contributed by atoms with Gasteiger partial charge in [-0.25, -0.2) is 0 Å². The summed E-state index contributed by atoms with van der Waals surface area (Å²) in [6.45, 7) is 2.50. The fourth-order valence-corrected chi connectivity index (χ4v) is 2.92. The lowest BCUT2D eigenvalue weighted by Crippen LogP contribution is -2.47. The molecule has 1 saturated heterocycles. The zero-order valence-electron chi connectivity index (χ0n) is 12.3. The lowest BCUT2D eigenvalue weighted by molar-refractivity contribution is -0.141. The molecule has 1 amide bonds. The number of nitrogens with zero attached hydrogens (tertiary/aromatic N) is 1. The second-order valence-corrected chi connectivity index (χ2v) is 6.35. The van der Waals surface area contributed by atoms with Crippen LogP contribution >= 0.6 is 15.9 Å². The molecule has 21 heavy (non-hydrogen) atoms. The van der Waals surface area contributed by atoms with Crippen molar-refractivity contribution in [1.82, 2.24) is 4.90 Å². The Morgan fingerprint density at radius 3 is 2.76 bits per heavy atom. The number of aliphatic hydroxyl groups excluding tert-OH is 1. The van der Waals surface area contributed by atoms with Crippen molar-refractivity contribution in [3.05, 3.63) is 28.7 Å². The van der Waals surface area contributed by atoms with Crippen LogP contribution in [0.5, 0.6) is 5.75 Å². The van der Waals surface area contributed by atoms with E-state index in [1.165, 1.54) is 0 Å². The second-order valence-electron chi connectivity index (χ2n) is 5.43. The first-order valence-corrected chi connectivity index (χ1v) is 8.24. The number of carbonyl (C=O) groups is 1. The Balaban J connectivity index is 2.01. The minimum Gasteiger partial charge on any atom is -0.481 e. The lowest BCUT2D eigenvalue weighted by atomic mass is 10.1. The largest absolute Gasteiger partial charge is 0.481 e. The highest BCUT2D eigenvalue weighted by molar-refractivity contribution is 9.10. The normalized spacial score (nSPS) is 20.7. The summed E-state index contributed by atoms with van der Waals surface area (Å²) in [5.41, 5.74) is 0. The predicted octanol–water partition coefficient (Wildman–Crippen LogP) is 2.98. The SMILES string of the molecule is CC(Oc1ccc(Br)cc1)C(=O)N1CCCCCC1CO. The van der Waals surface area contributed by atoms with Gasteiger partial charge in [-0.1, -0.05) is 28.8 Å². The lowest BCUT2D eigenvalue weighted by Gasteiger charge is -2.31. The third kappa shape index (κ3) is 4.45. The Kier molecular flexibility index (Phi) is 6.06. The monoisotopic (exact) mass is 355 g/mol. The number of aliphatic hydroxyl groups is 1. The van der Waals surface area contributed by atoms with Gasteiger partial charge in [0.25, 0.3) is 5.91 Å². The fourth-order valence-electron chi connectivity index (χ4n) is 2.66. The Morgan fingerprint density at radius 2 is 2.10 bits per heavy atom. The summed E-state index contributed by atoms with van der Waals surface area (Å²) in [5.74, 6) is 0.633. The van der Waals surface area contributed by atoms with Crippen LogP contribution in [0.1, 0.15) is 32.6 Å². The number of hydrogen-bond donors (Lipinski definition) is 1. The van der Waals surface area contributed by atoms with Gasteiger partial charge in [0, 0.05) is 11.0 Å². The molecule has 2 unspecified atom stereocenters. The van der Waals surface area contributed by atoms with E-state index in [9.17, 15) is 9.90 Å². The molecule has 0 radical (unpaired) electrons. The molecule has 2 atom stereocenters. The summed E-state index contributed by atoms with van der Waals surface area (Å²) in [6.07, 6.45) is 3.50. The van der Waals surface area contributed by atoms with Gasteiger partial charge in [0.1, 0.15) is 5.75 Å². The Labute approximate surface area is 134 Å². The van der Waals surface area contributed by atoms with Gasteiger partial charge >= 0.3 is 0 Å². The summed E-state index contributed by atoms with van der Waals surface area (Å²) < 4.78 is 6.70. The number of halogens is 1. The van der Waals surface area contributed by atoms with E-state index < -0.39 is 6.10 Å². The van der Waals surface area contributed by atoms with Crippen LogP contribution in [-0.2, 0) is 4.79 Å². The molecule has 1 aliphatic heterocycles. The quantitative estimate of drug-likeness (QED) is 0.902. The van der Waals surface area contributed by atoms with Crippen LogP contribution in [0.2, 0.25) is 0 Å². The molecule has 0 aliphatic carbocycles. The smallest absolute Gasteiger partial charge is 0.263 e. The topological polar surface area (TPSA) is 49.8 Å². The Bertz CT molecular complexity index is 463. The molecule has 4 nitrogen and oxygen atoms in total. The molecule has 1 fully saturated rings. The number of carbonyl (C=O) groups excluding carboxylic acids is 1. The Morgan fingerprint density at radius 1 is 1.38 bits per heavy atom. The molecule has 1 aromatic rings. The molecule has 116 valence electrons. The molecule has 0 bridgehead atoms. The van der Waals surface area contributed by atoms with E-state index >= 15 is 0 Å². The van der Waals surface area contributed by atoms with Gasteiger partial charge in [-0.05, 0) is 44.0 Å². The van der Waals surface area contributed by atoms with Gasteiger partial charge in [0.2, 0.25) is 0 Å². The first-order valence-electron chi connectivity index (χ1n) is 7.45. The molecule has 0 spiro atoms. The average Bonchev–Trinajstić information content (AvgIpc) is 2.73. The summed E-state index contributed by atoms with van der Waals surface area (Å²) in [7, 11) is 0. The van der Waals surface area contributed by atoms with Crippen molar-refractivity contribution in [3.8, 4) is 5.75 Å². The molecule has 1 heterocycles. The van der Waals surface area contributed by atoms with Crippen LogP contribution in [0, 0.1) is 0 Å². The van der Waals surface area contributed by atoms with E-state index in [1.54, 1.807) is 11.8 Å².